The van der Waals surface area contributed by atoms with E-state index in [0.717, 1.165) is 10.2 Å². The highest BCUT2D eigenvalue weighted by molar-refractivity contribution is 7.93. The molecule has 0 radical (unpaired) electrons. The first-order chi connectivity index (χ1) is 15.6. The van der Waals surface area contributed by atoms with Crippen LogP contribution in [0.2, 0.25) is 18.1 Å². The average molecular weight is 526 g/mol. The second-order valence-electron chi connectivity index (χ2n) is 11.2. The number of fused-ring (bicyclic) bond motifs is 1. The van der Waals surface area contributed by atoms with Crippen molar-refractivity contribution in [1.29, 1.82) is 0 Å². The van der Waals surface area contributed by atoms with E-state index in [9.17, 15) is 8.42 Å². The normalized spacial score (nSPS) is 17.5. The molecule has 0 aliphatic carbocycles. The SMILES string of the molecule is CO[C@H]([C@H](C)O[Si](C)(C)C(C)(C)C)[C@@H](C)/C=C(\C)C[C@@H](C)CS(=O)(=O)c1nc2ccccc2s1. The van der Waals surface area contributed by atoms with Gasteiger partial charge in [-0.2, -0.15) is 0 Å². The fourth-order valence-electron chi connectivity index (χ4n) is 4.19. The molecule has 0 bridgehead atoms. The Balaban J connectivity index is 2.04. The third-order valence-electron chi connectivity index (χ3n) is 6.80. The summed E-state index contributed by atoms with van der Waals surface area (Å²) in [5, 5.41) is 0.138. The van der Waals surface area contributed by atoms with Crippen LogP contribution in [0.1, 0.15) is 54.9 Å². The van der Waals surface area contributed by atoms with Gasteiger partial charge in [0.1, 0.15) is 0 Å². The van der Waals surface area contributed by atoms with Gasteiger partial charge >= 0.3 is 0 Å². The number of sulfone groups is 1. The Morgan fingerprint density at radius 3 is 2.35 bits per heavy atom. The first-order valence-electron chi connectivity index (χ1n) is 12.0. The second kappa shape index (κ2) is 11.3. The summed E-state index contributed by atoms with van der Waals surface area (Å²) in [5.74, 6) is 0.227. The lowest BCUT2D eigenvalue weighted by atomic mass is 9.95. The van der Waals surface area contributed by atoms with Crippen molar-refractivity contribution in [2.75, 3.05) is 12.9 Å². The summed E-state index contributed by atoms with van der Waals surface area (Å²) in [6, 6.07) is 7.54. The minimum atomic E-state index is -3.42. The molecule has 0 aliphatic heterocycles. The van der Waals surface area contributed by atoms with Gasteiger partial charge in [-0.3, -0.25) is 0 Å². The summed E-state index contributed by atoms with van der Waals surface area (Å²) in [6.07, 6.45) is 2.83. The number of hydrogen-bond acceptors (Lipinski definition) is 6. The molecule has 0 unspecified atom stereocenters. The van der Waals surface area contributed by atoms with E-state index in [1.807, 2.05) is 31.2 Å². The molecule has 0 fully saturated rings. The second-order valence-corrected chi connectivity index (χ2v) is 19.2. The van der Waals surface area contributed by atoms with Gasteiger partial charge in [0.05, 0.1) is 28.2 Å². The third kappa shape index (κ3) is 7.47. The van der Waals surface area contributed by atoms with Crippen molar-refractivity contribution in [1.82, 2.24) is 4.98 Å². The van der Waals surface area contributed by atoms with Crippen LogP contribution in [0, 0.1) is 11.8 Å². The quantitative estimate of drug-likeness (QED) is 0.231. The zero-order valence-electron chi connectivity index (χ0n) is 22.5. The van der Waals surface area contributed by atoms with E-state index in [0.29, 0.717) is 6.42 Å². The maximum Gasteiger partial charge on any atom is 0.210 e. The average Bonchev–Trinajstić information content (AvgIpc) is 3.11. The van der Waals surface area contributed by atoms with Gasteiger partial charge < -0.3 is 9.16 Å². The Morgan fingerprint density at radius 2 is 1.79 bits per heavy atom. The standard InChI is InChI=1S/C26H43NO4S2Si/c1-18(16-20(3)24(30-8)21(4)31-34(9,10)26(5,6)7)15-19(2)17-33(28,29)25-27-22-13-11-12-14-23(22)32-25/h11-14,16,19-21,24H,15,17H2,1-10H3/b18-16+/t19-,20+,21+,24+/m1/s1. The third-order valence-corrected chi connectivity index (χ3v) is 14.8. The molecule has 0 spiro atoms. The Hall–Kier alpha value is -1.06. The molecule has 0 amide bonds. The number of ether oxygens (including phenoxy) is 1. The molecule has 1 aromatic carbocycles. The molecule has 2 aromatic rings. The van der Waals surface area contributed by atoms with E-state index >= 15 is 0 Å². The lowest BCUT2D eigenvalue weighted by molar-refractivity contribution is -0.0162. The van der Waals surface area contributed by atoms with Crippen molar-refractivity contribution in [3.8, 4) is 0 Å². The molecule has 4 atom stereocenters. The van der Waals surface area contributed by atoms with Gasteiger partial charge in [-0.1, -0.05) is 58.4 Å². The number of aromatic nitrogens is 1. The van der Waals surface area contributed by atoms with Crippen molar-refractivity contribution in [2.45, 2.75) is 89.6 Å². The van der Waals surface area contributed by atoms with Gasteiger partial charge in [0.15, 0.2) is 8.32 Å². The van der Waals surface area contributed by atoms with Crippen LogP contribution in [-0.2, 0) is 19.0 Å². The van der Waals surface area contributed by atoms with E-state index in [1.165, 1.54) is 16.9 Å². The van der Waals surface area contributed by atoms with Crippen molar-refractivity contribution in [3.05, 3.63) is 35.9 Å². The highest BCUT2D eigenvalue weighted by atomic mass is 32.2. The molecule has 0 N–H and O–H groups in total. The molecule has 1 heterocycles. The van der Waals surface area contributed by atoms with E-state index in [2.05, 4.69) is 65.7 Å². The summed E-state index contributed by atoms with van der Waals surface area (Å²) in [7, 11) is -3.59. The number of para-hydroxylation sites is 1. The van der Waals surface area contributed by atoms with Gasteiger partial charge in [-0.25, -0.2) is 13.4 Å². The molecule has 2 rings (SSSR count). The highest BCUT2D eigenvalue weighted by Crippen LogP contribution is 2.38. The largest absolute Gasteiger partial charge is 0.412 e. The Morgan fingerprint density at radius 1 is 1.18 bits per heavy atom. The molecule has 8 heteroatoms. The minimum Gasteiger partial charge on any atom is -0.412 e. The van der Waals surface area contributed by atoms with Gasteiger partial charge in [0, 0.05) is 13.0 Å². The van der Waals surface area contributed by atoms with Crippen molar-refractivity contribution in [3.63, 3.8) is 0 Å². The van der Waals surface area contributed by atoms with Crippen LogP contribution in [-0.4, -0.2) is 46.8 Å². The first kappa shape index (κ1) is 29.2. The van der Waals surface area contributed by atoms with Gasteiger partial charge in [0.2, 0.25) is 14.2 Å². The van der Waals surface area contributed by atoms with Crippen LogP contribution in [0.15, 0.2) is 40.3 Å². The van der Waals surface area contributed by atoms with Crippen LogP contribution in [0.3, 0.4) is 0 Å². The molecule has 5 nitrogen and oxygen atoms in total. The van der Waals surface area contributed by atoms with E-state index in [1.54, 1.807) is 7.11 Å². The Kier molecular flexibility index (Phi) is 9.72. The lowest BCUT2D eigenvalue weighted by Gasteiger charge is -2.41. The number of rotatable bonds is 11. The molecule has 1 aromatic heterocycles. The molecule has 0 aliphatic rings. The van der Waals surface area contributed by atoms with Crippen molar-refractivity contribution >= 4 is 39.7 Å². The van der Waals surface area contributed by atoms with Crippen LogP contribution < -0.4 is 0 Å². The minimum absolute atomic E-state index is 0.0117. The monoisotopic (exact) mass is 525 g/mol. The molecular weight excluding hydrogens is 483 g/mol. The first-order valence-corrected chi connectivity index (χ1v) is 17.4. The number of thiazole rings is 1. The topological polar surface area (TPSA) is 65.5 Å². The zero-order valence-corrected chi connectivity index (χ0v) is 25.1. The molecule has 192 valence electrons. The maximum absolute atomic E-state index is 13.0. The van der Waals surface area contributed by atoms with Crippen molar-refractivity contribution in [2.24, 2.45) is 11.8 Å². The smallest absolute Gasteiger partial charge is 0.210 e. The summed E-state index contributed by atoms with van der Waals surface area (Å²) in [5.41, 5.74) is 1.91. The van der Waals surface area contributed by atoms with Gasteiger partial charge in [-0.05, 0) is 56.5 Å². The summed E-state index contributed by atoms with van der Waals surface area (Å²) in [6.45, 7) is 19.5. The van der Waals surface area contributed by atoms with Crippen molar-refractivity contribution < 1.29 is 17.6 Å². The molecule has 0 saturated carbocycles. The number of allylic oxidation sites excluding steroid dienone is 1. The lowest BCUT2D eigenvalue weighted by Crippen LogP contribution is -2.47. The molecule has 34 heavy (non-hydrogen) atoms. The fourth-order valence-corrected chi connectivity index (χ4v) is 8.53. The predicted octanol–water partition coefficient (Wildman–Crippen LogP) is 7.10. The Bertz CT molecular complexity index is 1050. The summed E-state index contributed by atoms with van der Waals surface area (Å²) in [4.78, 5) is 4.35. The van der Waals surface area contributed by atoms with Gasteiger partial charge in [-0.15, -0.1) is 11.3 Å². The number of methoxy groups -OCH3 is 1. The maximum atomic E-state index is 13.0. The van der Waals surface area contributed by atoms with Crippen LogP contribution in [0.5, 0.6) is 0 Å². The number of benzene rings is 1. The summed E-state index contributed by atoms with van der Waals surface area (Å²) >= 11 is 1.25. The Labute approximate surface area is 212 Å². The summed E-state index contributed by atoms with van der Waals surface area (Å²) < 4.78 is 39.5. The zero-order chi connectivity index (χ0) is 25.9. The van der Waals surface area contributed by atoms with Crippen LogP contribution in [0.25, 0.3) is 10.2 Å². The highest BCUT2D eigenvalue weighted by Gasteiger charge is 2.40. The predicted molar refractivity (Wildman–Crippen MR) is 147 cm³/mol. The molecule has 0 saturated heterocycles. The van der Waals surface area contributed by atoms with E-state index in [4.69, 9.17) is 9.16 Å². The van der Waals surface area contributed by atoms with Gasteiger partial charge in [0.25, 0.3) is 0 Å². The fraction of sp³-hybridized carbons (Fsp3) is 0.654. The van der Waals surface area contributed by atoms with E-state index < -0.39 is 18.2 Å². The van der Waals surface area contributed by atoms with E-state index in [-0.39, 0.29) is 39.2 Å². The molecular formula is C26H43NO4S2Si. The van der Waals surface area contributed by atoms with Crippen LogP contribution >= 0.6 is 11.3 Å². The number of hydrogen-bond donors (Lipinski definition) is 0. The number of nitrogens with zero attached hydrogens (tertiary/aromatic N) is 1. The van der Waals surface area contributed by atoms with Crippen LogP contribution in [0.4, 0.5) is 0 Å².